The van der Waals surface area contributed by atoms with Crippen molar-refractivity contribution < 1.29 is 24.9 Å². The first-order valence-corrected chi connectivity index (χ1v) is 8.72. The van der Waals surface area contributed by atoms with E-state index in [2.05, 4.69) is 0 Å². The summed E-state index contributed by atoms with van der Waals surface area (Å²) in [5.74, 6) is 0.372. The van der Waals surface area contributed by atoms with Gasteiger partial charge in [0.15, 0.2) is 0 Å². The summed E-state index contributed by atoms with van der Waals surface area (Å²) in [4.78, 5) is 14.4. The molecule has 0 aromatic carbocycles. The highest BCUT2D eigenvalue weighted by Crippen LogP contribution is 2.30. The SMILES string of the molecule is O=C(C1=C[C@@H](O)[C@@H](O)[C@H](O)C1)N1CCOC(C2CCCCC2)C1. The third kappa shape index (κ3) is 3.76. The molecule has 1 heterocycles. The van der Waals surface area contributed by atoms with E-state index in [1.165, 1.54) is 38.2 Å². The molecule has 0 bridgehead atoms. The van der Waals surface area contributed by atoms with Crippen molar-refractivity contribution >= 4 is 5.91 Å². The number of hydrogen-bond acceptors (Lipinski definition) is 5. The molecule has 0 aromatic rings. The van der Waals surface area contributed by atoms with Crippen LogP contribution in [0.4, 0.5) is 0 Å². The Balaban J connectivity index is 1.64. The number of aliphatic hydroxyl groups excluding tert-OH is 3. The largest absolute Gasteiger partial charge is 0.390 e. The van der Waals surface area contributed by atoms with Crippen molar-refractivity contribution in [1.29, 1.82) is 0 Å². The van der Waals surface area contributed by atoms with Crippen molar-refractivity contribution in [2.45, 2.75) is 62.9 Å². The lowest BCUT2D eigenvalue weighted by Crippen LogP contribution is -2.50. The fourth-order valence-corrected chi connectivity index (χ4v) is 3.96. The van der Waals surface area contributed by atoms with E-state index < -0.39 is 18.3 Å². The quantitative estimate of drug-likeness (QED) is 0.675. The van der Waals surface area contributed by atoms with E-state index in [4.69, 9.17) is 4.74 Å². The lowest BCUT2D eigenvalue weighted by atomic mass is 9.84. The Kier molecular flexibility index (Phi) is 5.36. The number of rotatable bonds is 2. The summed E-state index contributed by atoms with van der Waals surface area (Å²) < 4.78 is 5.89. The van der Waals surface area contributed by atoms with Gasteiger partial charge >= 0.3 is 0 Å². The van der Waals surface area contributed by atoms with Crippen LogP contribution >= 0.6 is 0 Å². The lowest BCUT2D eigenvalue weighted by molar-refractivity contribution is -0.139. The number of amides is 1. The van der Waals surface area contributed by atoms with Gasteiger partial charge in [-0.3, -0.25) is 4.79 Å². The number of carbonyl (C=O) groups is 1. The van der Waals surface area contributed by atoms with Crippen molar-refractivity contribution in [3.63, 3.8) is 0 Å². The average Bonchev–Trinajstić information content (AvgIpc) is 2.59. The Morgan fingerprint density at radius 1 is 1.17 bits per heavy atom. The molecule has 1 unspecified atom stereocenters. The Morgan fingerprint density at radius 3 is 2.61 bits per heavy atom. The molecule has 0 spiro atoms. The van der Waals surface area contributed by atoms with Crippen molar-refractivity contribution in [2.24, 2.45) is 5.92 Å². The highest BCUT2D eigenvalue weighted by Gasteiger charge is 2.36. The molecular weight excluding hydrogens is 298 g/mol. The highest BCUT2D eigenvalue weighted by atomic mass is 16.5. The van der Waals surface area contributed by atoms with Crippen LogP contribution in [-0.4, -0.2) is 70.2 Å². The van der Waals surface area contributed by atoms with Gasteiger partial charge in [0.05, 0.1) is 18.8 Å². The topological polar surface area (TPSA) is 90.2 Å². The molecule has 6 heteroatoms. The third-order valence-electron chi connectivity index (χ3n) is 5.38. The zero-order valence-electron chi connectivity index (χ0n) is 13.4. The number of ether oxygens (including phenoxy) is 1. The van der Waals surface area contributed by atoms with Gasteiger partial charge in [-0.25, -0.2) is 0 Å². The van der Waals surface area contributed by atoms with Gasteiger partial charge in [-0.15, -0.1) is 0 Å². The Hall–Kier alpha value is -0.950. The van der Waals surface area contributed by atoms with Crippen molar-refractivity contribution in [3.05, 3.63) is 11.6 Å². The molecular formula is C17H27NO5. The molecule has 3 aliphatic rings. The predicted octanol–water partition coefficient (Wildman–Crippen LogP) is 0.207. The molecule has 130 valence electrons. The molecule has 3 rings (SSSR count). The van der Waals surface area contributed by atoms with Gasteiger partial charge in [-0.05, 0) is 24.8 Å². The summed E-state index contributed by atoms with van der Waals surface area (Å²) in [7, 11) is 0. The molecule has 23 heavy (non-hydrogen) atoms. The predicted molar refractivity (Wildman–Crippen MR) is 83.6 cm³/mol. The summed E-state index contributed by atoms with van der Waals surface area (Å²) in [5, 5.41) is 29.1. The van der Waals surface area contributed by atoms with Gasteiger partial charge in [0.25, 0.3) is 0 Å². The summed E-state index contributed by atoms with van der Waals surface area (Å²) in [6.45, 7) is 1.65. The van der Waals surface area contributed by atoms with E-state index in [1.54, 1.807) is 4.90 Å². The van der Waals surface area contributed by atoms with E-state index in [1.807, 2.05) is 0 Å². The van der Waals surface area contributed by atoms with Gasteiger partial charge in [-0.1, -0.05) is 19.3 Å². The van der Waals surface area contributed by atoms with Crippen LogP contribution in [0.3, 0.4) is 0 Å². The van der Waals surface area contributed by atoms with Crippen LogP contribution in [-0.2, 0) is 9.53 Å². The van der Waals surface area contributed by atoms with E-state index in [0.717, 1.165) is 0 Å². The van der Waals surface area contributed by atoms with Crippen LogP contribution in [0.2, 0.25) is 0 Å². The summed E-state index contributed by atoms with van der Waals surface area (Å²) >= 11 is 0. The summed E-state index contributed by atoms with van der Waals surface area (Å²) in [6.07, 6.45) is 4.16. The molecule has 6 nitrogen and oxygen atoms in total. The Morgan fingerprint density at radius 2 is 1.91 bits per heavy atom. The maximum Gasteiger partial charge on any atom is 0.249 e. The first-order valence-electron chi connectivity index (χ1n) is 8.72. The second-order valence-corrected chi connectivity index (χ2v) is 7.00. The first-order chi connectivity index (χ1) is 11.1. The zero-order valence-corrected chi connectivity index (χ0v) is 13.4. The molecule has 1 amide bonds. The van der Waals surface area contributed by atoms with E-state index in [0.29, 0.717) is 31.2 Å². The lowest BCUT2D eigenvalue weighted by Gasteiger charge is -2.39. The van der Waals surface area contributed by atoms with E-state index in [9.17, 15) is 20.1 Å². The third-order valence-corrected chi connectivity index (χ3v) is 5.38. The van der Waals surface area contributed by atoms with Gasteiger partial charge in [0.1, 0.15) is 12.2 Å². The standard InChI is InChI=1S/C17H27NO5/c19-13-8-12(9-14(20)16(13)21)17(22)18-6-7-23-15(10-18)11-4-2-1-3-5-11/h8,11,13-16,19-21H,1-7,9-10H2/t13-,14-,15?,16-/m1/s1. The molecule has 2 fully saturated rings. The van der Waals surface area contributed by atoms with Crippen LogP contribution < -0.4 is 0 Å². The average molecular weight is 325 g/mol. The smallest absolute Gasteiger partial charge is 0.249 e. The zero-order chi connectivity index (χ0) is 16.4. The maximum atomic E-state index is 12.7. The van der Waals surface area contributed by atoms with Crippen LogP contribution in [0.1, 0.15) is 38.5 Å². The van der Waals surface area contributed by atoms with Crippen LogP contribution in [0, 0.1) is 5.92 Å². The van der Waals surface area contributed by atoms with Gasteiger partial charge < -0.3 is 25.0 Å². The number of nitrogens with zero attached hydrogens (tertiary/aromatic N) is 1. The second kappa shape index (κ2) is 7.30. The molecule has 2 aliphatic carbocycles. The van der Waals surface area contributed by atoms with Crippen LogP contribution in [0.5, 0.6) is 0 Å². The van der Waals surface area contributed by atoms with E-state index in [-0.39, 0.29) is 18.4 Å². The van der Waals surface area contributed by atoms with Gasteiger partial charge in [-0.2, -0.15) is 0 Å². The second-order valence-electron chi connectivity index (χ2n) is 7.00. The Labute approximate surface area is 136 Å². The number of hydrogen-bond donors (Lipinski definition) is 3. The molecule has 1 saturated heterocycles. The minimum Gasteiger partial charge on any atom is -0.390 e. The minimum atomic E-state index is -1.22. The molecule has 1 saturated carbocycles. The van der Waals surface area contributed by atoms with Gasteiger partial charge in [0, 0.05) is 25.1 Å². The van der Waals surface area contributed by atoms with Crippen molar-refractivity contribution in [2.75, 3.05) is 19.7 Å². The minimum absolute atomic E-state index is 0.0858. The van der Waals surface area contributed by atoms with E-state index >= 15 is 0 Å². The fraction of sp³-hybridized carbons (Fsp3) is 0.824. The summed E-state index contributed by atoms with van der Waals surface area (Å²) in [5.41, 5.74) is 0.389. The summed E-state index contributed by atoms with van der Waals surface area (Å²) in [6, 6.07) is 0. The first kappa shape index (κ1) is 16.9. The maximum absolute atomic E-state index is 12.7. The van der Waals surface area contributed by atoms with Crippen molar-refractivity contribution in [1.82, 2.24) is 4.90 Å². The normalized spacial score (nSPS) is 36.7. The number of morpholine rings is 1. The molecule has 1 aliphatic heterocycles. The van der Waals surface area contributed by atoms with Gasteiger partial charge in [0.2, 0.25) is 5.91 Å². The molecule has 0 aromatic heterocycles. The highest BCUT2D eigenvalue weighted by molar-refractivity contribution is 5.94. The van der Waals surface area contributed by atoms with Crippen LogP contribution in [0.15, 0.2) is 11.6 Å². The Bertz CT molecular complexity index is 460. The monoisotopic (exact) mass is 325 g/mol. The van der Waals surface area contributed by atoms with Crippen LogP contribution in [0.25, 0.3) is 0 Å². The molecule has 4 atom stereocenters. The number of carbonyl (C=O) groups excluding carboxylic acids is 1. The molecule has 3 N–H and O–H groups in total. The number of aliphatic hydroxyl groups is 3. The molecule has 0 radical (unpaired) electrons. The fourth-order valence-electron chi connectivity index (χ4n) is 3.96. The van der Waals surface area contributed by atoms with Crippen molar-refractivity contribution in [3.8, 4) is 0 Å².